The lowest BCUT2D eigenvalue weighted by Gasteiger charge is -2.73. The molecule has 45 heavy (non-hydrogen) atoms. The van der Waals surface area contributed by atoms with Crippen molar-refractivity contribution in [1.29, 1.82) is 0 Å². The fourth-order valence-corrected chi connectivity index (χ4v) is 12.9. The minimum atomic E-state index is -0.239. The zero-order valence-corrected chi connectivity index (χ0v) is 29.0. The molecule has 5 aliphatic rings. The van der Waals surface area contributed by atoms with E-state index in [1.807, 2.05) is 12.1 Å². The molecular formula is C41H56O4. The van der Waals surface area contributed by atoms with E-state index in [0.29, 0.717) is 41.8 Å². The zero-order chi connectivity index (χ0) is 32.6. The monoisotopic (exact) mass is 612 g/mol. The molecule has 5 fully saturated rings. The van der Waals surface area contributed by atoms with Gasteiger partial charge < -0.3 is 9.47 Å². The van der Waals surface area contributed by atoms with E-state index in [0.717, 1.165) is 31.2 Å². The molecule has 1 aromatic rings. The third-order valence-corrected chi connectivity index (χ3v) is 15.3. The highest BCUT2D eigenvalue weighted by molar-refractivity contribution is 5.89. The van der Waals surface area contributed by atoms with Gasteiger partial charge in [0.15, 0.2) is 0 Å². The number of rotatable bonds is 5. The summed E-state index contributed by atoms with van der Waals surface area (Å²) in [7, 11) is 0. The first-order valence-corrected chi connectivity index (χ1v) is 17.7. The zero-order valence-electron chi connectivity index (χ0n) is 29.0. The van der Waals surface area contributed by atoms with Gasteiger partial charge in [-0.2, -0.15) is 0 Å². The van der Waals surface area contributed by atoms with Crippen molar-refractivity contribution in [1.82, 2.24) is 0 Å². The summed E-state index contributed by atoms with van der Waals surface area (Å²) in [5.41, 5.74) is 3.33. The molecule has 0 unspecified atom stereocenters. The van der Waals surface area contributed by atoms with Crippen LogP contribution in [0.25, 0.3) is 0 Å². The second-order valence-electron chi connectivity index (χ2n) is 17.3. The van der Waals surface area contributed by atoms with Crippen molar-refractivity contribution in [2.24, 2.45) is 56.7 Å². The van der Waals surface area contributed by atoms with Crippen LogP contribution < -0.4 is 0 Å². The molecule has 0 heterocycles. The van der Waals surface area contributed by atoms with Crippen LogP contribution in [0.2, 0.25) is 0 Å². The van der Waals surface area contributed by atoms with Crippen LogP contribution in [0.1, 0.15) is 129 Å². The molecule has 1 aromatic carbocycles. The Labute approximate surface area is 272 Å². The molecule has 0 amide bonds. The fraction of sp³-hybridized carbons (Fsp3) is 0.707. The molecule has 0 saturated heterocycles. The molecule has 5 saturated carbocycles. The Hall–Kier alpha value is -2.54. The van der Waals surface area contributed by atoms with Crippen LogP contribution in [0, 0.1) is 69.0 Å². The van der Waals surface area contributed by atoms with Crippen molar-refractivity contribution in [3.05, 3.63) is 47.5 Å². The number of benzene rings is 1. The minimum Gasteiger partial charge on any atom is -0.465 e. The van der Waals surface area contributed by atoms with Gasteiger partial charge in [0.25, 0.3) is 0 Å². The van der Waals surface area contributed by atoms with Crippen molar-refractivity contribution in [3.63, 3.8) is 0 Å². The van der Waals surface area contributed by atoms with Gasteiger partial charge in [-0.1, -0.05) is 52.7 Å². The van der Waals surface area contributed by atoms with Crippen molar-refractivity contribution in [2.75, 3.05) is 6.61 Å². The van der Waals surface area contributed by atoms with Gasteiger partial charge in [-0.05, 0) is 141 Å². The molecular weight excluding hydrogens is 556 g/mol. The summed E-state index contributed by atoms with van der Waals surface area (Å²) in [6.45, 7) is 21.5. The molecule has 0 aromatic heterocycles. The lowest BCUT2D eigenvalue weighted by atomic mass is 9.32. The number of esters is 2. The summed E-state index contributed by atoms with van der Waals surface area (Å²) in [4.78, 5) is 25.3. The first-order chi connectivity index (χ1) is 21.1. The van der Waals surface area contributed by atoms with Crippen LogP contribution in [0.5, 0.6) is 0 Å². The average Bonchev–Trinajstić information content (AvgIpc) is 3.38. The largest absolute Gasteiger partial charge is 0.465 e. The third kappa shape index (κ3) is 4.76. The highest BCUT2D eigenvalue weighted by atomic mass is 16.5. The maximum atomic E-state index is 13.3. The summed E-state index contributed by atoms with van der Waals surface area (Å²) >= 11 is 0. The Balaban J connectivity index is 1.26. The standard InChI is InChI=1S/C41H56O4/c1-10-28-11-13-29(14-12-28)36(43)45-34-19-20-38(7)32(37(34,5)6)18-21-40(9)33(38)16-15-31-35-30(26(2)3)17-22-41(35,25-44-27(4)42)24-23-39(31,40)8/h1,11-14,30-35H,2,15-25H2,3-9H3/t30-,31+,32-,33+,34-,35+,38-,39+,40+,41+/m0/s1. The van der Waals surface area contributed by atoms with Gasteiger partial charge in [-0.3, -0.25) is 4.79 Å². The Morgan fingerprint density at radius 2 is 1.58 bits per heavy atom. The van der Waals surface area contributed by atoms with E-state index in [9.17, 15) is 9.59 Å². The number of fused-ring (bicyclic) bond motifs is 7. The number of carbonyl (C=O) groups is 2. The molecule has 10 atom stereocenters. The van der Waals surface area contributed by atoms with E-state index < -0.39 is 0 Å². The predicted molar refractivity (Wildman–Crippen MR) is 179 cm³/mol. The lowest BCUT2D eigenvalue weighted by molar-refractivity contribution is -0.249. The number of allylic oxidation sites excluding steroid dienone is 1. The summed E-state index contributed by atoms with van der Waals surface area (Å²) < 4.78 is 12.2. The number of hydrogen-bond acceptors (Lipinski definition) is 4. The SMILES string of the molecule is C#Cc1ccc(C(=O)O[C@H]2CC[C@]3(C)[C@H]4CC[C@@H]5[C@H]6[C@H](C(=C)C)CC[C@]6(COC(C)=O)CC[C@@]5(C)[C@]4(C)CC[C@H]3C2(C)C)cc1. The second kappa shape index (κ2) is 11.0. The molecule has 0 spiro atoms. The molecule has 0 radical (unpaired) electrons. The van der Waals surface area contributed by atoms with Gasteiger partial charge in [0.2, 0.25) is 0 Å². The highest BCUT2D eigenvalue weighted by Crippen LogP contribution is 2.77. The smallest absolute Gasteiger partial charge is 0.338 e. The van der Waals surface area contributed by atoms with Gasteiger partial charge in [-0.25, -0.2) is 4.79 Å². The van der Waals surface area contributed by atoms with E-state index >= 15 is 0 Å². The summed E-state index contributed by atoms with van der Waals surface area (Å²) in [6, 6.07) is 7.20. The second-order valence-corrected chi connectivity index (χ2v) is 17.3. The van der Waals surface area contributed by atoms with E-state index in [1.54, 1.807) is 19.1 Å². The fourth-order valence-electron chi connectivity index (χ4n) is 12.9. The summed E-state index contributed by atoms with van der Waals surface area (Å²) in [5.74, 6) is 5.06. The molecule has 5 aliphatic carbocycles. The third-order valence-electron chi connectivity index (χ3n) is 15.3. The van der Waals surface area contributed by atoms with Crippen LogP contribution in [-0.4, -0.2) is 24.6 Å². The average molecular weight is 613 g/mol. The molecule has 4 heteroatoms. The van der Waals surface area contributed by atoms with Crippen molar-refractivity contribution < 1.29 is 19.1 Å². The number of ether oxygens (including phenoxy) is 2. The molecule has 6 rings (SSSR count). The first kappa shape index (κ1) is 32.4. The summed E-state index contributed by atoms with van der Waals surface area (Å²) in [5, 5.41) is 0. The maximum absolute atomic E-state index is 13.3. The number of hydrogen-bond donors (Lipinski definition) is 0. The molecule has 4 nitrogen and oxygen atoms in total. The van der Waals surface area contributed by atoms with E-state index in [4.69, 9.17) is 15.9 Å². The van der Waals surface area contributed by atoms with Crippen molar-refractivity contribution in [3.8, 4) is 12.3 Å². The number of terminal acetylenes is 1. The van der Waals surface area contributed by atoms with Crippen molar-refractivity contribution in [2.45, 2.75) is 119 Å². The van der Waals surface area contributed by atoms with Gasteiger partial charge >= 0.3 is 11.9 Å². The Kier molecular flexibility index (Phi) is 7.94. The van der Waals surface area contributed by atoms with Crippen LogP contribution in [0.15, 0.2) is 36.4 Å². The normalized spacial score (nSPS) is 43.0. The first-order valence-electron chi connectivity index (χ1n) is 17.7. The molecule has 244 valence electrons. The van der Waals surface area contributed by atoms with Crippen molar-refractivity contribution >= 4 is 11.9 Å². The van der Waals surface area contributed by atoms with E-state index in [-0.39, 0.29) is 45.1 Å². The number of carbonyl (C=O) groups excluding carboxylic acids is 2. The summed E-state index contributed by atoms with van der Waals surface area (Å²) in [6.07, 6.45) is 17.0. The molecule has 0 N–H and O–H groups in total. The topological polar surface area (TPSA) is 52.6 Å². The van der Waals surface area contributed by atoms with Crippen LogP contribution in [0.3, 0.4) is 0 Å². The van der Waals surface area contributed by atoms with Gasteiger partial charge in [0, 0.05) is 23.3 Å². The lowest BCUT2D eigenvalue weighted by Crippen LogP contribution is -2.67. The van der Waals surface area contributed by atoms with Crippen LogP contribution in [0.4, 0.5) is 0 Å². The van der Waals surface area contributed by atoms with Gasteiger partial charge in [0.1, 0.15) is 6.10 Å². The maximum Gasteiger partial charge on any atom is 0.338 e. The highest BCUT2D eigenvalue weighted by Gasteiger charge is 2.71. The minimum absolute atomic E-state index is 0.0921. The Morgan fingerprint density at radius 3 is 2.22 bits per heavy atom. The quantitative estimate of drug-likeness (QED) is 0.189. The predicted octanol–water partition coefficient (Wildman–Crippen LogP) is 9.41. The molecule has 0 aliphatic heterocycles. The van der Waals surface area contributed by atoms with Crippen LogP contribution in [-0.2, 0) is 14.3 Å². The van der Waals surface area contributed by atoms with Crippen LogP contribution >= 0.6 is 0 Å². The van der Waals surface area contributed by atoms with E-state index in [2.05, 4.69) is 54.0 Å². The Bertz CT molecular complexity index is 1400. The Morgan fingerprint density at radius 1 is 0.867 bits per heavy atom. The van der Waals surface area contributed by atoms with Gasteiger partial charge in [-0.15, -0.1) is 6.42 Å². The van der Waals surface area contributed by atoms with E-state index in [1.165, 1.54) is 44.1 Å². The van der Waals surface area contributed by atoms with Gasteiger partial charge in [0.05, 0.1) is 12.2 Å². The molecule has 0 bridgehead atoms.